The van der Waals surface area contributed by atoms with E-state index in [1.807, 2.05) is 18.2 Å². The summed E-state index contributed by atoms with van der Waals surface area (Å²) in [5, 5.41) is 16.4. The molecule has 3 rings (SSSR count). The van der Waals surface area contributed by atoms with E-state index in [1.54, 1.807) is 25.1 Å². The van der Waals surface area contributed by atoms with E-state index in [2.05, 4.69) is 5.16 Å². The Labute approximate surface area is 147 Å². The van der Waals surface area contributed by atoms with Gasteiger partial charge < -0.3 is 19.2 Å². The lowest BCUT2D eigenvalue weighted by Crippen LogP contribution is -2.39. The number of carbonyl (C=O) groups is 1. The van der Waals surface area contributed by atoms with Crippen LogP contribution in [0.4, 0.5) is 0 Å². The second-order valence-electron chi connectivity index (χ2n) is 5.10. The summed E-state index contributed by atoms with van der Waals surface area (Å²) in [6.07, 6.45) is -0.844. The largest absolute Gasteiger partial charge is 0.546 e. The van der Waals surface area contributed by atoms with Crippen molar-refractivity contribution in [1.29, 1.82) is 0 Å². The van der Waals surface area contributed by atoms with Crippen LogP contribution in [0.3, 0.4) is 0 Å². The molecule has 7 heteroatoms. The summed E-state index contributed by atoms with van der Waals surface area (Å²) in [6, 6.07) is 10.5. The second-order valence-corrected chi connectivity index (χ2v) is 5.88. The monoisotopic (exact) mass is 364 g/mol. The number of halogens is 2. The molecule has 24 heavy (non-hydrogen) atoms. The summed E-state index contributed by atoms with van der Waals surface area (Å²) in [6.45, 7) is 1.68. The summed E-state index contributed by atoms with van der Waals surface area (Å²) in [4.78, 5) is 11.0. The number of carbonyl (C=O) groups excluding carboxylic acids is 1. The highest BCUT2D eigenvalue weighted by molar-refractivity contribution is 6.37. The van der Waals surface area contributed by atoms with Crippen molar-refractivity contribution >= 4 is 40.1 Å². The molecule has 2 aromatic carbocycles. The number of rotatable bonds is 5. The van der Waals surface area contributed by atoms with Crippen molar-refractivity contribution in [2.45, 2.75) is 19.4 Å². The van der Waals surface area contributed by atoms with Gasteiger partial charge in [-0.15, -0.1) is 0 Å². The third-order valence-corrected chi connectivity index (χ3v) is 4.26. The number of hydrogen-bond donors (Lipinski definition) is 0. The van der Waals surface area contributed by atoms with E-state index in [1.165, 1.54) is 0 Å². The highest BCUT2D eigenvalue weighted by Crippen LogP contribution is 2.39. The lowest BCUT2D eigenvalue weighted by molar-refractivity contribution is -0.313. The van der Waals surface area contributed by atoms with Crippen molar-refractivity contribution < 1.29 is 19.2 Å². The highest BCUT2D eigenvalue weighted by Gasteiger charge is 2.19. The van der Waals surface area contributed by atoms with Crippen LogP contribution < -0.4 is 9.84 Å². The zero-order valence-corrected chi connectivity index (χ0v) is 14.1. The number of nitrogens with zero attached hydrogens (tertiary/aromatic N) is 1. The van der Waals surface area contributed by atoms with Crippen molar-refractivity contribution in [2.75, 3.05) is 0 Å². The van der Waals surface area contributed by atoms with E-state index in [9.17, 15) is 9.90 Å². The van der Waals surface area contributed by atoms with Crippen molar-refractivity contribution in [3.8, 4) is 17.0 Å². The number of aromatic nitrogens is 1. The van der Waals surface area contributed by atoms with Crippen LogP contribution >= 0.6 is 23.2 Å². The Morgan fingerprint density at radius 3 is 2.71 bits per heavy atom. The Bertz CT molecular complexity index is 907. The number of benzene rings is 2. The van der Waals surface area contributed by atoms with Crippen LogP contribution in [0.5, 0.6) is 5.75 Å². The number of hydrogen-bond acceptors (Lipinski definition) is 5. The van der Waals surface area contributed by atoms with Crippen molar-refractivity contribution in [2.24, 2.45) is 0 Å². The van der Waals surface area contributed by atoms with Gasteiger partial charge in [0.2, 0.25) is 0 Å². The van der Waals surface area contributed by atoms with Gasteiger partial charge in [0.1, 0.15) is 22.6 Å². The lowest BCUT2D eigenvalue weighted by atomic mass is 10.1. The summed E-state index contributed by atoms with van der Waals surface area (Å²) < 4.78 is 10.7. The van der Waals surface area contributed by atoms with Gasteiger partial charge >= 0.3 is 0 Å². The fourth-order valence-corrected chi connectivity index (χ4v) is 2.81. The first-order valence-corrected chi connectivity index (χ1v) is 7.98. The number of carboxylic acids is 1. The Kier molecular flexibility index (Phi) is 4.64. The molecule has 0 radical (unpaired) electrons. The third kappa shape index (κ3) is 2.92. The van der Waals surface area contributed by atoms with Crippen molar-refractivity contribution in [3.63, 3.8) is 0 Å². The first kappa shape index (κ1) is 16.6. The van der Waals surface area contributed by atoms with Gasteiger partial charge in [0.25, 0.3) is 0 Å². The molecule has 0 spiro atoms. The maximum atomic E-state index is 11.0. The summed E-state index contributed by atoms with van der Waals surface area (Å²) >= 11 is 12.5. The Morgan fingerprint density at radius 2 is 2.04 bits per heavy atom. The standard InChI is InChI=1S/C17H13Cl2NO4/c1-2-12(17(21)22)23-13-8-7-10-15(20-24-16(10)14(13)19)9-5-3-4-6-11(9)18/h3-8,12H,2H2,1H3,(H,21,22)/p-1. The van der Waals surface area contributed by atoms with Crippen LogP contribution in [0.25, 0.3) is 22.2 Å². The smallest absolute Gasteiger partial charge is 0.189 e. The molecule has 1 aromatic heterocycles. The van der Waals surface area contributed by atoms with Gasteiger partial charge in [0.15, 0.2) is 5.58 Å². The highest BCUT2D eigenvalue weighted by atomic mass is 35.5. The van der Waals surface area contributed by atoms with E-state index >= 15 is 0 Å². The molecule has 0 aliphatic carbocycles. The topological polar surface area (TPSA) is 75.4 Å². The third-order valence-electron chi connectivity index (χ3n) is 3.58. The minimum absolute atomic E-state index is 0.151. The van der Waals surface area contributed by atoms with Crippen LogP contribution in [0.15, 0.2) is 40.9 Å². The molecule has 1 unspecified atom stereocenters. The average Bonchev–Trinajstić information content (AvgIpc) is 2.99. The van der Waals surface area contributed by atoms with Crippen molar-refractivity contribution in [3.05, 3.63) is 46.4 Å². The van der Waals surface area contributed by atoms with Gasteiger partial charge in [-0.25, -0.2) is 0 Å². The zero-order chi connectivity index (χ0) is 17.3. The van der Waals surface area contributed by atoms with Crippen LogP contribution in [-0.4, -0.2) is 17.2 Å². The van der Waals surface area contributed by atoms with Gasteiger partial charge in [-0.3, -0.25) is 0 Å². The number of aliphatic carboxylic acids is 1. The molecule has 1 atom stereocenters. The molecule has 5 nitrogen and oxygen atoms in total. The van der Waals surface area contributed by atoms with Crippen LogP contribution in [0, 0.1) is 0 Å². The normalized spacial score (nSPS) is 12.3. The second kappa shape index (κ2) is 6.71. The molecule has 0 aliphatic rings. The SMILES string of the molecule is CCC(Oc1ccc2c(-c3ccccc3Cl)noc2c1Cl)C(=O)[O-]. The van der Waals surface area contributed by atoms with Crippen LogP contribution in [0.1, 0.15) is 13.3 Å². The molecule has 0 saturated heterocycles. The van der Waals surface area contributed by atoms with Gasteiger partial charge in [0, 0.05) is 5.56 Å². The number of ether oxygens (including phenoxy) is 1. The van der Waals surface area contributed by atoms with Gasteiger partial charge in [-0.2, -0.15) is 0 Å². The molecule has 0 amide bonds. The van der Waals surface area contributed by atoms with E-state index < -0.39 is 12.1 Å². The average molecular weight is 365 g/mol. The summed E-state index contributed by atoms with van der Waals surface area (Å²) in [7, 11) is 0. The first-order chi connectivity index (χ1) is 11.5. The predicted molar refractivity (Wildman–Crippen MR) is 89.2 cm³/mol. The van der Waals surface area contributed by atoms with Crippen molar-refractivity contribution in [1.82, 2.24) is 5.16 Å². The molecule has 3 aromatic rings. The van der Waals surface area contributed by atoms with Crippen LogP contribution in [-0.2, 0) is 4.79 Å². The fourth-order valence-electron chi connectivity index (χ4n) is 2.34. The summed E-state index contributed by atoms with van der Waals surface area (Å²) in [5.41, 5.74) is 1.57. The van der Waals surface area contributed by atoms with E-state index in [0.29, 0.717) is 27.2 Å². The molecular weight excluding hydrogens is 353 g/mol. The Hall–Kier alpha value is -2.24. The summed E-state index contributed by atoms with van der Waals surface area (Å²) in [5.74, 6) is -1.11. The van der Waals surface area contributed by atoms with Gasteiger partial charge in [-0.1, -0.05) is 53.5 Å². The minimum atomic E-state index is -1.30. The van der Waals surface area contributed by atoms with Gasteiger partial charge in [-0.05, 0) is 24.6 Å². The molecule has 0 bridgehead atoms. The molecule has 0 fully saturated rings. The van der Waals surface area contributed by atoms with E-state index in [4.69, 9.17) is 32.5 Å². The minimum Gasteiger partial charge on any atom is -0.546 e. The molecular formula is C17H12Cl2NO4-. The lowest BCUT2D eigenvalue weighted by Gasteiger charge is -2.18. The van der Waals surface area contributed by atoms with Crippen LogP contribution in [0.2, 0.25) is 10.0 Å². The first-order valence-electron chi connectivity index (χ1n) is 7.23. The molecule has 0 aliphatic heterocycles. The fraction of sp³-hybridized carbons (Fsp3) is 0.176. The maximum absolute atomic E-state index is 11.0. The quantitative estimate of drug-likeness (QED) is 0.689. The van der Waals surface area contributed by atoms with E-state index in [-0.39, 0.29) is 17.2 Å². The maximum Gasteiger partial charge on any atom is 0.189 e. The van der Waals surface area contributed by atoms with Gasteiger partial charge in [0.05, 0.1) is 16.4 Å². The zero-order valence-electron chi connectivity index (χ0n) is 12.6. The van der Waals surface area contributed by atoms with E-state index in [0.717, 1.165) is 0 Å². The predicted octanol–water partition coefficient (Wildman–Crippen LogP) is 3.71. The Balaban J connectivity index is 2.06. The number of fused-ring (bicyclic) bond motifs is 1. The molecule has 0 N–H and O–H groups in total. The molecule has 124 valence electrons. The molecule has 1 heterocycles. The molecule has 0 saturated carbocycles. The number of carboxylic acid groups (broad SMARTS) is 1. The Morgan fingerprint density at radius 1 is 1.29 bits per heavy atom.